The molecule has 0 aromatic carbocycles. The maximum absolute atomic E-state index is 12.3. The van der Waals surface area contributed by atoms with Crippen LogP contribution < -0.4 is 10.3 Å². The molecule has 0 spiro atoms. The number of fused-ring (bicyclic) bond motifs is 1. The van der Waals surface area contributed by atoms with Crippen molar-refractivity contribution in [1.82, 2.24) is 14.5 Å². The van der Waals surface area contributed by atoms with E-state index in [1.165, 1.54) is 22.1 Å². The molecule has 22 heavy (non-hydrogen) atoms. The van der Waals surface area contributed by atoms with Gasteiger partial charge >= 0.3 is 5.97 Å². The van der Waals surface area contributed by atoms with Crippen molar-refractivity contribution in [3.8, 4) is 5.13 Å². The molecule has 0 radical (unpaired) electrons. The third kappa shape index (κ3) is 2.23. The average molecular weight is 316 g/mol. The molecule has 3 rings (SSSR count). The first kappa shape index (κ1) is 14.2. The molecule has 112 valence electrons. The van der Waals surface area contributed by atoms with Crippen LogP contribution >= 0.6 is 11.3 Å². The SMILES string of the molecule is CN(C)c1ccc2c(=O)c(C(=O)O)cn(-c3nccs3)c2n1. The van der Waals surface area contributed by atoms with Gasteiger partial charge in [0, 0.05) is 31.9 Å². The summed E-state index contributed by atoms with van der Waals surface area (Å²) >= 11 is 1.33. The summed E-state index contributed by atoms with van der Waals surface area (Å²) in [6.07, 6.45) is 2.89. The van der Waals surface area contributed by atoms with Crippen molar-refractivity contribution >= 4 is 34.2 Å². The van der Waals surface area contributed by atoms with E-state index in [0.29, 0.717) is 16.6 Å². The molecule has 0 aliphatic carbocycles. The van der Waals surface area contributed by atoms with E-state index in [4.69, 9.17) is 0 Å². The Morgan fingerprint density at radius 3 is 2.73 bits per heavy atom. The van der Waals surface area contributed by atoms with E-state index in [-0.39, 0.29) is 10.9 Å². The molecule has 0 bridgehead atoms. The Hall–Kier alpha value is -2.74. The molecule has 0 atom stereocenters. The first-order valence-corrected chi connectivity index (χ1v) is 7.24. The van der Waals surface area contributed by atoms with Crippen LogP contribution in [0.25, 0.3) is 16.2 Å². The number of anilines is 1. The fourth-order valence-electron chi connectivity index (χ4n) is 2.08. The van der Waals surface area contributed by atoms with E-state index >= 15 is 0 Å². The lowest BCUT2D eigenvalue weighted by Gasteiger charge is -2.14. The van der Waals surface area contributed by atoms with Crippen molar-refractivity contribution in [3.05, 3.63) is 45.7 Å². The summed E-state index contributed by atoms with van der Waals surface area (Å²) in [7, 11) is 3.68. The predicted octanol–water partition coefficient (Wildman–Crippen LogP) is 1.61. The summed E-state index contributed by atoms with van der Waals surface area (Å²) in [4.78, 5) is 34.0. The monoisotopic (exact) mass is 316 g/mol. The number of carboxylic acids is 1. The summed E-state index contributed by atoms with van der Waals surface area (Å²) in [5.41, 5.74) is -0.466. The number of hydrogen-bond acceptors (Lipinski definition) is 6. The van der Waals surface area contributed by atoms with Crippen LogP contribution in [0.4, 0.5) is 5.82 Å². The minimum Gasteiger partial charge on any atom is -0.477 e. The molecule has 0 aliphatic heterocycles. The number of pyridine rings is 2. The van der Waals surface area contributed by atoms with Crippen LogP contribution in [0.5, 0.6) is 0 Å². The molecule has 0 saturated carbocycles. The average Bonchev–Trinajstić information content (AvgIpc) is 3.01. The summed E-state index contributed by atoms with van der Waals surface area (Å²) in [6, 6.07) is 3.28. The lowest BCUT2D eigenvalue weighted by Crippen LogP contribution is -2.20. The van der Waals surface area contributed by atoms with Gasteiger partial charge in [-0.15, -0.1) is 11.3 Å². The maximum Gasteiger partial charge on any atom is 0.341 e. The first-order chi connectivity index (χ1) is 10.5. The number of aromatic carboxylic acids is 1. The van der Waals surface area contributed by atoms with Gasteiger partial charge in [0.25, 0.3) is 0 Å². The number of rotatable bonds is 3. The van der Waals surface area contributed by atoms with Crippen molar-refractivity contribution in [2.24, 2.45) is 0 Å². The largest absolute Gasteiger partial charge is 0.477 e. The fraction of sp³-hybridized carbons (Fsp3) is 0.143. The second kappa shape index (κ2) is 5.23. The van der Waals surface area contributed by atoms with Gasteiger partial charge in [0.15, 0.2) is 10.8 Å². The number of aromatic nitrogens is 3. The van der Waals surface area contributed by atoms with Crippen LogP contribution in [0.2, 0.25) is 0 Å². The quantitative estimate of drug-likeness (QED) is 0.789. The molecule has 0 aliphatic rings. The summed E-state index contributed by atoms with van der Waals surface area (Å²) in [6.45, 7) is 0. The third-order valence-corrected chi connectivity index (χ3v) is 3.92. The van der Waals surface area contributed by atoms with Crippen molar-refractivity contribution < 1.29 is 9.90 Å². The summed E-state index contributed by atoms with van der Waals surface area (Å²) in [5, 5.41) is 11.8. The highest BCUT2D eigenvalue weighted by Gasteiger charge is 2.17. The Morgan fingerprint density at radius 2 is 2.14 bits per heavy atom. The molecule has 0 fully saturated rings. The van der Waals surface area contributed by atoms with E-state index in [0.717, 1.165) is 0 Å². The molecule has 1 N–H and O–H groups in total. The van der Waals surface area contributed by atoms with E-state index in [9.17, 15) is 14.7 Å². The van der Waals surface area contributed by atoms with E-state index < -0.39 is 11.4 Å². The lowest BCUT2D eigenvalue weighted by atomic mass is 10.2. The Balaban J connectivity index is 2.44. The molecule has 3 heterocycles. The molecule has 8 heteroatoms. The van der Waals surface area contributed by atoms with Gasteiger partial charge in [0.1, 0.15) is 11.4 Å². The van der Waals surface area contributed by atoms with Gasteiger partial charge in [-0.1, -0.05) is 0 Å². The van der Waals surface area contributed by atoms with Gasteiger partial charge in [-0.05, 0) is 12.1 Å². The number of nitrogens with zero attached hydrogens (tertiary/aromatic N) is 4. The molecule has 3 aromatic heterocycles. The molecule has 0 amide bonds. The number of thiazole rings is 1. The Labute approximate surface area is 129 Å². The normalized spacial score (nSPS) is 10.8. The number of carboxylic acid groups (broad SMARTS) is 1. The molecule has 0 unspecified atom stereocenters. The minimum absolute atomic E-state index is 0.251. The van der Waals surface area contributed by atoms with Gasteiger partial charge in [-0.25, -0.2) is 14.8 Å². The lowest BCUT2D eigenvalue weighted by molar-refractivity contribution is 0.0695. The second-order valence-electron chi connectivity index (χ2n) is 4.80. The zero-order valence-corrected chi connectivity index (χ0v) is 12.7. The predicted molar refractivity (Wildman–Crippen MR) is 84.3 cm³/mol. The van der Waals surface area contributed by atoms with Gasteiger partial charge in [-0.2, -0.15) is 0 Å². The molecular formula is C14H12N4O3S. The smallest absolute Gasteiger partial charge is 0.341 e. The number of carbonyl (C=O) groups is 1. The Kier molecular flexibility index (Phi) is 3.38. The van der Waals surface area contributed by atoms with Crippen LogP contribution in [0.3, 0.4) is 0 Å². The van der Waals surface area contributed by atoms with E-state index in [2.05, 4.69) is 9.97 Å². The van der Waals surface area contributed by atoms with Crippen molar-refractivity contribution in [2.45, 2.75) is 0 Å². The van der Waals surface area contributed by atoms with Crippen LogP contribution in [0.1, 0.15) is 10.4 Å². The second-order valence-corrected chi connectivity index (χ2v) is 5.67. The van der Waals surface area contributed by atoms with Crippen molar-refractivity contribution in [3.63, 3.8) is 0 Å². The number of hydrogen-bond donors (Lipinski definition) is 1. The first-order valence-electron chi connectivity index (χ1n) is 6.36. The highest BCUT2D eigenvalue weighted by atomic mass is 32.1. The van der Waals surface area contributed by atoms with Gasteiger partial charge < -0.3 is 10.0 Å². The van der Waals surface area contributed by atoms with Crippen molar-refractivity contribution in [2.75, 3.05) is 19.0 Å². The molecule has 0 saturated heterocycles. The zero-order valence-electron chi connectivity index (χ0n) is 11.8. The Morgan fingerprint density at radius 1 is 1.36 bits per heavy atom. The molecule has 3 aromatic rings. The third-order valence-electron chi connectivity index (χ3n) is 3.15. The van der Waals surface area contributed by atoms with Crippen LogP contribution in [0.15, 0.2) is 34.7 Å². The van der Waals surface area contributed by atoms with E-state index in [1.54, 1.807) is 28.6 Å². The van der Waals surface area contributed by atoms with E-state index in [1.807, 2.05) is 14.1 Å². The maximum atomic E-state index is 12.3. The standard InChI is InChI=1S/C14H12N4O3S/c1-17(2)10-4-3-8-11(19)9(13(20)21)7-18(12(8)16-10)14-15-5-6-22-14/h3-7H,1-2H3,(H,20,21). The minimum atomic E-state index is -1.27. The van der Waals surface area contributed by atoms with Crippen molar-refractivity contribution in [1.29, 1.82) is 0 Å². The van der Waals surface area contributed by atoms with Crippen LogP contribution in [-0.2, 0) is 0 Å². The van der Waals surface area contributed by atoms with Gasteiger partial charge in [0.2, 0.25) is 5.43 Å². The highest BCUT2D eigenvalue weighted by molar-refractivity contribution is 7.12. The van der Waals surface area contributed by atoms with Crippen LogP contribution in [0, 0.1) is 0 Å². The topological polar surface area (TPSA) is 88.3 Å². The zero-order chi connectivity index (χ0) is 15.9. The van der Waals surface area contributed by atoms with Crippen LogP contribution in [-0.4, -0.2) is 39.7 Å². The molecule has 7 nitrogen and oxygen atoms in total. The highest BCUT2D eigenvalue weighted by Crippen LogP contribution is 2.20. The van der Waals surface area contributed by atoms with Gasteiger partial charge in [-0.3, -0.25) is 9.36 Å². The summed E-state index contributed by atoms with van der Waals surface area (Å²) < 4.78 is 1.54. The fourth-order valence-corrected chi connectivity index (χ4v) is 2.69. The van der Waals surface area contributed by atoms with Gasteiger partial charge in [0.05, 0.1) is 5.39 Å². The molecular weight excluding hydrogens is 304 g/mol. The Bertz CT molecular complexity index is 916. The summed E-state index contributed by atoms with van der Waals surface area (Å²) in [5.74, 6) is -0.603.